The van der Waals surface area contributed by atoms with Crippen LogP contribution in [0.4, 0.5) is 26.3 Å². The second-order valence-electron chi connectivity index (χ2n) is 2.36. The normalized spacial score (nSPS) is 16.8. The maximum absolute atomic E-state index is 12.6. The Morgan fingerprint density at radius 3 is 2.00 bits per heavy atom. The molecule has 0 aromatic rings. The molecule has 0 heterocycles. The summed E-state index contributed by atoms with van der Waals surface area (Å²) >= 11 is 0. The van der Waals surface area contributed by atoms with E-state index in [4.69, 9.17) is 0 Å². The highest BCUT2D eigenvalue weighted by Crippen LogP contribution is 2.39. The van der Waals surface area contributed by atoms with Gasteiger partial charge < -0.3 is 4.74 Å². The summed E-state index contributed by atoms with van der Waals surface area (Å²) in [6, 6.07) is 0. The van der Waals surface area contributed by atoms with E-state index in [0.29, 0.717) is 6.08 Å². The molecule has 0 aliphatic rings. The number of ether oxygens (including phenoxy) is 1. The van der Waals surface area contributed by atoms with Crippen molar-refractivity contribution in [2.45, 2.75) is 25.4 Å². The Balaban J connectivity index is 4.91. The van der Waals surface area contributed by atoms with Gasteiger partial charge >= 0.3 is 24.4 Å². The molecule has 0 rings (SSSR count). The molecule has 8 heteroatoms. The van der Waals surface area contributed by atoms with E-state index >= 15 is 0 Å². The van der Waals surface area contributed by atoms with Gasteiger partial charge in [-0.05, 0) is 6.92 Å². The average molecular weight is 236 g/mol. The Morgan fingerprint density at radius 1 is 1.27 bits per heavy atom. The molecule has 0 fully saturated rings. The van der Waals surface area contributed by atoms with Crippen molar-refractivity contribution in [1.82, 2.24) is 0 Å². The Morgan fingerprint density at radius 2 is 1.73 bits per heavy atom. The third kappa shape index (κ3) is 3.14. The molecule has 15 heavy (non-hydrogen) atoms. The number of halogens is 6. The Labute approximate surface area is 80.5 Å². The fourth-order valence-corrected chi connectivity index (χ4v) is 0.543. The molecule has 0 spiro atoms. The lowest BCUT2D eigenvalue weighted by Gasteiger charge is -2.25. The second-order valence-corrected chi connectivity index (χ2v) is 2.36. The van der Waals surface area contributed by atoms with Crippen LogP contribution in [0.25, 0.3) is 0 Å². The lowest BCUT2D eigenvalue weighted by molar-refractivity contribution is -0.354. The van der Waals surface area contributed by atoms with Gasteiger partial charge in [-0.3, -0.25) is 0 Å². The van der Waals surface area contributed by atoms with Crippen LogP contribution in [0.15, 0.2) is 12.2 Å². The molecule has 0 aliphatic carbocycles. The highest BCUT2D eigenvalue weighted by Gasteiger charge is 2.66. The van der Waals surface area contributed by atoms with E-state index in [-0.39, 0.29) is 0 Å². The van der Waals surface area contributed by atoms with Crippen molar-refractivity contribution >= 4 is 5.97 Å². The van der Waals surface area contributed by atoms with E-state index < -0.39 is 24.4 Å². The maximum Gasteiger partial charge on any atom is 0.466 e. The highest BCUT2D eigenvalue weighted by atomic mass is 19.4. The van der Waals surface area contributed by atoms with Gasteiger partial charge in [0, 0.05) is 6.08 Å². The SMILES string of the molecule is CC=CC(=O)OC(F)(C(F)F)C(F)(F)F. The van der Waals surface area contributed by atoms with Gasteiger partial charge in [-0.15, -0.1) is 0 Å². The molecule has 0 N–H and O–H groups in total. The summed E-state index contributed by atoms with van der Waals surface area (Å²) in [7, 11) is 0. The van der Waals surface area contributed by atoms with Crippen LogP contribution in [0, 0.1) is 0 Å². The van der Waals surface area contributed by atoms with E-state index in [1.54, 1.807) is 0 Å². The predicted octanol–water partition coefficient (Wildman–Crippen LogP) is 2.60. The molecule has 0 radical (unpaired) electrons. The summed E-state index contributed by atoms with van der Waals surface area (Å²) in [5.74, 6) is -7.11. The fraction of sp³-hybridized carbons (Fsp3) is 0.571. The van der Waals surface area contributed by atoms with E-state index in [2.05, 4.69) is 4.74 Å². The largest absolute Gasteiger partial charge is 0.466 e. The van der Waals surface area contributed by atoms with Crippen LogP contribution in [0.3, 0.4) is 0 Å². The fourth-order valence-electron chi connectivity index (χ4n) is 0.543. The van der Waals surface area contributed by atoms with Crippen molar-refractivity contribution in [3.63, 3.8) is 0 Å². The van der Waals surface area contributed by atoms with Crippen LogP contribution >= 0.6 is 0 Å². The van der Waals surface area contributed by atoms with Crippen LogP contribution in [-0.4, -0.2) is 24.4 Å². The standard InChI is InChI=1S/C7H6F6O2/c1-2-3-4(14)15-6(10,5(8)9)7(11,12)13/h2-3,5H,1H3. The zero-order chi connectivity index (χ0) is 12.3. The maximum atomic E-state index is 12.6. The van der Waals surface area contributed by atoms with Crippen molar-refractivity contribution in [2.75, 3.05) is 0 Å². The number of hydrogen-bond acceptors (Lipinski definition) is 2. The third-order valence-electron chi connectivity index (χ3n) is 1.22. The molecule has 0 amide bonds. The molecule has 0 aromatic carbocycles. The van der Waals surface area contributed by atoms with Gasteiger partial charge in [0.2, 0.25) is 0 Å². The smallest absolute Gasteiger partial charge is 0.412 e. The van der Waals surface area contributed by atoms with Crippen LogP contribution in [0.2, 0.25) is 0 Å². The zero-order valence-corrected chi connectivity index (χ0v) is 7.32. The minimum atomic E-state index is -5.99. The lowest BCUT2D eigenvalue weighted by atomic mass is 10.3. The van der Waals surface area contributed by atoms with Crippen molar-refractivity contribution in [1.29, 1.82) is 0 Å². The molecular formula is C7H6F6O2. The quantitative estimate of drug-likeness (QED) is 0.427. The van der Waals surface area contributed by atoms with Gasteiger partial charge in [-0.25, -0.2) is 13.6 Å². The Hall–Kier alpha value is -1.21. The number of hydrogen-bond donors (Lipinski definition) is 0. The van der Waals surface area contributed by atoms with Crippen molar-refractivity contribution in [3.05, 3.63) is 12.2 Å². The number of alkyl halides is 6. The summed E-state index contributed by atoms with van der Waals surface area (Å²) in [4.78, 5) is 10.4. The molecule has 0 saturated heterocycles. The molecule has 88 valence electrons. The molecule has 0 aliphatic heterocycles. The number of carbonyl (C=O) groups is 1. The minimum absolute atomic E-state index is 0.391. The number of esters is 1. The van der Waals surface area contributed by atoms with Crippen LogP contribution in [0.5, 0.6) is 0 Å². The van der Waals surface area contributed by atoms with Gasteiger partial charge in [-0.1, -0.05) is 6.08 Å². The van der Waals surface area contributed by atoms with E-state index in [0.717, 1.165) is 6.08 Å². The average Bonchev–Trinajstić information content (AvgIpc) is 2.01. The molecule has 2 nitrogen and oxygen atoms in total. The van der Waals surface area contributed by atoms with E-state index in [1.165, 1.54) is 6.92 Å². The van der Waals surface area contributed by atoms with E-state index in [9.17, 15) is 31.1 Å². The summed E-state index contributed by atoms with van der Waals surface area (Å²) in [6.45, 7) is 1.22. The third-order valence-corrected chi connectivity index (χ3v) is 1.22. The monoisotopic (exact) mass is 236 g/mol. The van der Waals surface area contributed by atoms with E-state index in [1.807, 2.05) is 0 Å². The molecule has 0 aromatic heterocycles. The molecule has 0 saturated carbocycles. The summed E-state index contributed by atoms with van der Waals surface area (Å²) < 4.78 is 74.6. The Kier molecular flexibility index (Phi) is 4.17. The molecule has 1 atom stereocenters. The highest BCUT2D eigenvalue weighted by molar-refractivity contribution is 5.82. The van der Waals surface area contributed by atoms with Crippen molar-refractivity contribution < 1.29 is 35.9 Å². The Bertz CT molecular complexity index is 259. The van der Waals surface area contributed by atoms with Gasteiger partial charge in [0.1, 0.15) is 0 Å². The summed E-state index contributed by atoms with van der Waals surface area (Å²) in [5, 5.41) is 0. The molecule has 1 unspecified atom stereocenters. The van der Waals surface area contributed by atoms with Gasteiger partial charge in [0.05, 0.1) is 0 Å². The topological polar surface area (TPSA) is 26.3 Å². The van der Waals surface area contributed by atoms with Crippen LogP contribution < -0.4 is 0 Å². The molecule has 0 bridgehead atoms. The van der Waals surface area contributed by atoms with Crippen LogP contribution in [-0.2, 0) is 9.53 Å². The first-order chi connectivity index (χ1) is 6.65. The van der Waals surface area contributed by atoms with Gasteiger partial charge in [0.25, 0.3) is 0 Å². The first kappa shape index (κ1) is 13.8. The van der Waals surface area contributed by atoms with Gasteiger partial charge in [0.15, 0.2) is 0 Å². The second kappa shape index (κ2) is 4.54. The minimum Gasteiger partial charge on any atom is -0.412 e. The first-order valence-corrected chi connectivity index (χ1v) is 3.54. The molecular weight excluding hydrogens is 230 g/mol. The first-order valence-electron chi connectivity index (χ1n) is 3.54. The summed E-state index contributed by atoms with van der Waals surface area (Å²) in [5.41, 5.74) is 0. The van der Waals surface area contributed by atoms with Crippen molar-refractivity contribution in [3.8, 4) is 0 Å². The number of carbonyl (C=O) groups excluding carboxylic acids is 1. The van der Waals surface area contributed by atoms with Gasteiger partial charge in [-0.2, -0.15) is 17.6 Å². The predicted molar refractivity (Wildman–Crippen MR) is 36.8 cm³/mol. The number of allylic oxidation sites excluding steroid dienone is 1. The van der Waals surface area contributed by atoms with Crippen molar-refractivity contribution in [2.24, 2.45) is 0 Å². The summed E-state index contributed by atoms with van der Waals surface area (Å²) in [6.07, 6.45) is -9.18. The van der Waals surface area contributed by atoms with Crippen LogP contribution in [0.1, 0.15) is 6.92 Å². The number of rotatable bonds is 3. The zero-order valence-electron chi connectivity index (χ0n) is 7.32. The lowest BCUT2D eigenvalue weighted by Crippen LogP contribution is -2.50.